The molecule has 2 aromatic heterocycles. The van der Waals surface area contributed by atoms with Crippen LogP contribution in [-0.2, 0) is 11.3 Å². The van der Waals surface area contributed by atoms with Crippen LogP contribution in [0.1, 0.15) is 12.0 Å². The maximum atomic E-state index is 14.7. The Bertz CT molecular complexity index is 1030. The van der Waals surface area contributed by atoms with Crippen molar-refractivity contribution in [1.82, 2.24) is 24.5 Å². The van der Waals surface area contributed by atoms with Crippen LogP contribution in [0, 0.1) is 5.92 Å². The predicted molar refractivity (Wildman–Crippen MR) is 106 cm³/mol. The molecule has 1 atom stereocenters. The van der Waals surface area contributed by atoms with Gasteiger partial charge in [0, 0.05) is 36.4 Å². The lowest BCUT2D eigenvalue weighted by molar-refractivity contribution is -0.101. The Balaban J connectivity index is 1.32. The van der Waals surface area contributed by atoms with Gasteiger partial charge in [-0.25, -0.2) is 18.6 Å². The van der Waals surface area contributed by atoms with E-state index in [0.717, 1.165) is 10.5 Å². The molecular formula is C19H19ClF2N6O2. The van der Waals surface area contributed by atoms with Crippen LogP contribution in [0.5, 0.6) is 0 Å². The Hall–Kier alpha value is -3.01. The molecule has 4 rings (SSSR count). The molecule has 0 radical (unpaired) electrons. The molecule has 1 aliphatic rings. The number of fused-ring (bicyclic) bond motifs is 1. The highest BCUT2D eigenvalue weighted by molar-refractivity contribution is 6.30. The van der Waals surface area contributed by atoms with E-state index in [1.54, 1.807) is 34.9 Å². The molecule has 1 amide bonds. The van der Waals surface area contributed by atoms with Gasteiger partial charge in [0.2, 0.25) is 5.65 Å². The number of amides is 1. The van der Waals surface area contributed by atoms with Crippen molar-refractivity contribution in [3.05, 3.63) is 53.6 Å². The summed E-state index contributed by atoms with van der Waals surface area (Å²) in [5.41, 5.74) is 1.19. The summed E-state index contributed by atoms with van der Waals surface area (Å²) in [6.07, 6.45) is 4.09. The molecule has 1 aromatic carbocycles. The second-order valence-corrected chi connectivity index (χ2v) is 7.50. The van der Waals surface area contributed by atoms with Gasteiger partial charge in [-0.15, -0.1) is 10.2 Å². The second-order valence-electron chi connectivity index (χ2n) is 7.07. The number of piperidine rings is 1. The number of ether oxygens (including phenoxy) is 1. The van der Waals surface area contributed by atoms with Crippen molar-refractivity contribution in [3.8, 4) is 0 Å². The first-order valence-electron chi connectivity index (χ1n) is 9.34. The van der Waals surface area contributed by atoms with Crippen LogP contribution in [0.25, 0.3) is 5.65 Å². The molecular weight excluding hydrogens is 418 g/mol. The summed E-state index contributed by atoms with van der Waals surface area (Å²) in [6.45, 7) is -0.511. The van der Waals surface area contributed by atoms with Crippen LogP contribution in [-0.4, -0.2) is 56.1 Å². The van der Waals surface area contributed by atoms with E-state index in [1.165, 1.54) is 12.5 Å². The van der Waals surface area contributed by atoms with E-state index in [-0.39, 0.29) is 26.1 Å². The number of anilines is 1. The number of rotatable bonds is 5. The molecule has 1 unspecified atom stereocenters. The average Bonchev–Trinajstić information content (AvgIpc) is 3.21. The number of nitrogens with zero attached hydrogens (tertiary/aromatic N) is 5. The van der Waals surface area contributed by atoms with E-state index in [1.807, 2.05) is 0 Å². The quantitative estimate of drug-likeness (QED) is 0.659. The predicted octanol–water partition coefficient (Wildman–Crippen LogP) is 3.48. The highest BCUT2D eigenvalue weighted by Crippen LogP contribution is 2.33. The minimum absolute atomic E-state index is 0.000194. The zero-order valence-corrected chi connectivity index (χ0v) is 16.6. The molecule has 3 aromatic rings. The Labute approximate surface area is 175 Å². The first-order valence-corrected chi connectivity index (χ1v) is 9.72. The summed E-state index contributed by atoms with van der Waals surface area (Å²) in [5.74, 6) is -3.64. The number of aromatic nitrogens is 4. The summed E-state index contributed by atoms with van der Waals surface area (Å²) in [6, 6.07) is 6.77. The number of alkyl halides is 2. The lowest BCUT2D eigenvalue weighted by atomic mass is 9.93. The third kappa shape index (κ3) is 4.43. The van der Waals surface area contributed by atoms with Crippen LogP contribution < -0.4 is 5.32 Å². The molecule has 1 saturated heterocycles. The Morgan fingerprint density at radius 3 is 2.90 bits per heavy atom. The van der Waals surface area contributed by atoms with Gasteiger partial charge in [0.1, 0.15) is 12.9 Å². The molecule has 158 valence electrons. The zero-order chi connectivity index (χ0) is 21.1. The van der Waals surface area contributed by atoms with Gasteiger partial charge in [-0.2, -0.15) is 0 Å². The minimum atomic E-state index is -3.07. The van der Waals surface area contributed by atoms with E-state index < -0.39 is 24.5 Å². The van der Waals surface area contributed by atoms with E-state index in [4.69, 9.17) is 16.3 Å². The highest BCUT2D eigenvalue weighted by atomic mass is 35.5. The number of hydrogen-bond donors (Lipinski definition) is 1. The van der Waals surface area contributed by atoms with E-state index in [2.05, 4.69) is 20.5 Å². The summed E-state index contributed by atoms with van der Waals surface area (Å²) in [5, 5.41) is 11.2. The Morgan fingerprint density at radius 2 is 2.13 bits per heavy atom. The van der Waals surface area contributed by atoms with E-state index in [9.17, 15) is 13.6 Å². The first-order chi connectivity index (χ1) is 14.4. The SMILES string of the molecule is O=C(OCc1ccc(Cl)cc1)N1CCC(CNc2nccn3cnnc23)C(F)(F)C1. The monoisotopic (exact) mass is 436 g/mol. The van der Waals surface area contributed by atoms with Gasteiger partial charge < -0.3 is 15.0 Å². The molecule has 11 heteroatoms. The van der Waals surface area contributed by atoms with E-state index >= 15 is 0 Å². The molecule has 1 fully saturated rings. The summed E-state index contributed by atoms with van der Waals surface area (Å²) < 4.78 is 36.2. The number of carbonyl (C=O) groups is 1. The maximum absolute atomic E-state index is 14.7. The van der Waals surface area contributed by atoms with Crippen LogP contribution in [0.15, 0.2) is 43.0 Å². The standard InChI is InChI=1S/C19H19ClF2N6O2/c20-15-3-1-13(2-4-15)10-30-18(29)27-7-5-14(19(21,22)11-27)9-24-16-17-26-25-12-28(17)8-6-23-16/h1-4,6,8,12,14H,5,7,9-11H2,(H,23,24). The molecule has 0 spiro atoms. The summed E-state index contributed by atoms with van der Waals surface area (Å²) >= 11 is 5.81. The smallest absolute Gasteiger partial charge is 0.410 e. The fourth-order valence-electron chi connectivity index (χ4n) is 3.31. The Morgan fingerprint density at radius 1 is 1.33 bits per heavy atom. The van der Waals surface area contributed by atoms with Crippen molar-refractivity contribution >= 4 is 29.2 Å². The molecule has 0 aliphatic carbocycles. The van der Waals surface area contributed by atoms with Gasteiger partial charge in [-0.3, -0.25) is 4.40 Å². The van der Waals surface area contributed by atoms with Gasteiger partial charge in [-0.1, -0.05) is 23.7 Å². The lowest BCUT2D eigenvalue weighted by Crippen LogP contribution is -2.52. The van der Waals surface area contributed by atoms with Gasteiger partial charge in [-0.05, 0) is 24.1 Å². The third-order valence-corrected chi connectivity index (χ3v) is 5.26. The molecule has 8 nitrogen and oxygen atoms in total. The average molecular weight is 437 g/mol. The lowest BCUT2D eigenvalue weighted by Gasteiger charge is -2.37. The molecule has 0 saturated carbocycles. The number of benzene rings is 1. The normalized spacial score (nSPS) is 18.4. The van der Waals surface area contributed by atoms with Crippen LogP contribution in [0.3, 0.4) is 0 Å². The number of hydrogen-bond acceptors (Lipinski definition) is 6. The van der Waals surface area contributed by atoms with E-state index in [0.29, 0.717) is 16.5 Å². The first kappa shape index (κ1) is 20.3. The van der Waals surface area contributed by atoms with Crippen LogP contribution in [0.2, 0.25) is 5.02 Å². The van der Waals surface area contributed by atoms with Gasteiger partial charge in [0.05, 0.1) is 6.54 Å². The fraction of sp³-hybridized carbons (Fsp3) is 0.368. The van der Waals surface area contributed by atoms with Gasteiger partial charge in [0.25, 0.3) is 5.92 Å². The molecule has 30 heavy (non-hydrogen) atoms. The third-order valence-electron chi connectivity index (χ3n) is 5.01. The second kappa shape index (κ2) is 8.39. The number of nitrogens with one attached hydrogen (secondary N) is 1. The largest absolute Gasteiger partial charge is 0.445 e. The number of likely N-dealkylation sites (tertiary alicyclic amines) is 1. The maximum Gasteiger partial charge on any atom is 0.410 e. The topological polar surface area (TPSA) is 84.7 Å². The summed E-state index contributed by atoms with van der Waals surface area (Å²) in [4.78, 5) is 17.4. The van der Waals surface area contributed by atoms with Gasteiger partial charge >= 0.3 is 6.09 Å². The molecule has 1 aliphatic heterocycles. The van der Waals surface area contributed by atoms with Crippen molar-refractivity contribution in [2.24, 2.45) is 5.92 Å². The Kier molecular flexibility index (Phi) is 5.67. The number of halogens is 3. The number of carbonyl (C=O) groups excluding carboxylic acids is 1. The molecule has 3 heterocycles. The van der Waals surface area contributed by atoms with Gasteiger partial charge in [0.15, 0.2) is 5.82 Å². The van der Waals surface area contributed by atoms with Crippen molar-refractivity contribution in [2.75, 3.05) is 25.0 Å². The zero-order valence-electron chi connectivity index (χ0n) is 15.8. The highest BCUT2D eigenvalue weighted by Gasteiger charge is 2.46. The van der Waals surface area contributed by atoms with Crippen molar-refractivity contribution in [3.63, 3.8) is 0 Å². The minimum Gasteiger partial charge on any atom is -0.445 e. The molecule has 1 N–H and O–H groups in total. The van der Waals surface area contributed by atoms with Crippen molar-refractivity contribution < 1.29 is 18.3 Å². The van der Waals surface area contributed by atoms with Crippen molar-refractivity contribution in [1.29, 1.82) is 0 Å². The van der Waals surface area contributed by atoms with Crippen LogP contribution in [0.4, 0.5) is 19.4 Å². The van der Waals surface area contributed by atoms with Crippen LogP contribution >= 0.6 is 11.6 Å². The van der Waals surface area contributed by atoms with Crippen molar-refractivity contribution in [2.45, 2.75) is 19.0 Å². The summed E-state index contributed by atoms with van der Waals surface area (Å²) in [7, 11) is 0. The fourth-order valence-corrected chi connectivity index (χ4v) is 3.44. The molecule has 0 bridgehead atoms.